The lowest BCUT2D eigenvalue weighted by Crippen LogP contribution is -2.53. The number of amides is 2. The highest BCUT2D eigenvalue weighted by Crippen LogP contribution is 2.30. The number of nitrogens with one attached hydrogen (secondary N) is 1. The number of aryl methyl sites for hydroxylation is 3. The van der Waals surface area contributed by atoms with Crippen molar-refractivity contribution in [2.45, 2.75) is 83.3 Å². The average Bonchev–Trinajstić information content (AvgIpc) is 3.47. The van der Waals surface area contributed by atoms with E-state index in [1.807, 2.05) is 39.8 Å². The maximum atomic E-state index is 14.4. The molecule has 1 fully saturated rings. The van der Waals surface area contributed by atoms with E-state index in [0.717, 1.165) is 41.1 Å². The van der Waals surface area contributed by atoms with Crippen LogP contribution in [0, 0.1) is 20.8 Å². The summed E-state index contributed by atoms with van der Waals surface area (Å²) in [7, 11) is -4.15. The Morgan fingerprint density at radius 2 is 1.58 bits per heavy atom. The van der Waals surface area contributed by atoms with Gasteiger partial charge in [-0.1, -0.05) is 78.9 Å². The number of hydrogen-bond donors (Lipinski definition) is 1. The van der Waals surface area contributed by atoms with E-state index in [2.05, 4.69) is 5.32 Å². The van der Waals surface area contributed by atoms with Gasteiger partial charge >= 0.3 is 0 Å². The Bertz CT molecular complexity index is 1570. The molecule has 0 radical (unpaired) electrons. The van der Waals surface area contributed by atoms with E-state index < -0.39 is 28.5 Å². The monoisotopic (exact) mass is 643 g/mol. The first kappa shape index (κ1) is 32.8. The molecule has 10 heteroatoms. The third-order valence-electron chi connectivity index (χ3n) is 7.96. The largest absolute Gasteiger partial charge is 0.352 e. The second-order valence-corrected chi connectivity index (χ2v) is 14.0. The van der Waals surface area contributed by atoms with E-state index in [1.165, 1.54) is 4.90 Å². The molecular formula is C33H39Cl2N3O4S. The predicted molar refractivity (Wildman–Crippen MR) is 173 cm³/mol. The maximum Gasteiger partial charge on any atom is 0.264 e. The quantitative estimate of drug-likeness (QED) is 0.244. The van der Waals surface area contributed by atoms with Crippen LogP contribution in [-0.2, 0) is 26.2 Å². The van der Waals surface area contributed by atoms with Crippen LogP contribution in [0.15, 0.2) is 65.6 Å². The first-order valence-electron chi connectivity index (χ1n) is 14.6. The smallest absolute Gasteiger partial charge is 0.264 e. The van der Waals surface area contributed by atoms with Gasteiger partial charge in [0.1, 0.15) is 12.6 Å². The van der Waals surface area contributed by atoms with Gasteiger partial charge in [0.2, 0.25) is 11.8 Å². The number of hydrogen-bond acceptors (Lipinski definition) is 4. The molecule has 43 heavy (non-hydrogen) atoms. The average molecular weight is 645 g/mol. The second-order valence-electron chi connectivity index (χ2n) is 11.3. The molecule has 3 aromatic carbocycles. The van der Waals surface area contributed by atoms with Gasteiger partial charge < -0.3 is 10.2 Å². The SMILES string of the molecule is CCC(C(=O)NC1CCCC1)N(Cc1ccc(Cl)cc1Cl)C(=O)CN(c1cc(C)ccc1C)S(=O)(=O)c1ccc(C)cc1. The number of anilines is 1. The fourth-order valence-electron chi connectivity index (χ4n) is 5.46. The summed E-state index contributed by atoms with van der Waals surface area (Å²) in [5.41, 5.74) is 3.48. The zero-order valence-electron chi connectivity index (χ0n) is 25.1. The number of rotatable bonds is 11. The first-order chi connectivity index (χ1) is 20.4. The number of halogens is 2. The van der Waals surface area contributed by atoms with Crippen molar-refractivity contribution in [2.24, 2.45) is 0 Å². The van der Waals surface area contributed by atoms with Crippen LogP contribution in [0.2, 0.25) is 10.0 Å². The number of nitrogens with zero attached hydrogens (tertiary/aromatic N) is 2. The zero-order chi connectivity index (χ0) is 31.3. The molecule has 3 aromatic rings. The minimum atomic E-state index is -4.15. The van der Waals surface area contributed by atoms with E-state index in [-0.39, 0.29) is 23.4 Å². The van der Waals surface area contributed by atoms with Crippen LogP contribution in [-0.4, -0.2) is 43.8 Å². The Morgan fingerprint density at radius 1 is 0.930 bits per heavy atom. The molecule has 1 unspecified atom stereocenters. The zero-order valence-corrected chi connectivity index (χ0v) is 27.4. The predicted octanol–water partition coefficient (Wildman–Crippen LogP) is 6.98. The molecule has 2 amide bonds. The van der Waals surface area contributed by atoms with Gasteiger partial charge in [-0.05, 0) is 87.1 Å². The topological polar surface area (TPSA) is 86.8 Å². The molecule has 0 aromatic heterocycles. The van der Waals surface area contributed by atoms with E-state index in [1.54, 1.807) is 48.5 Å². The van der Waals surface area contributed by atoms with Gasteiger partial charge in [0, 0.05) is 22.6 Å². The highest BCUT2D eigenvalue weighted by atomic mass is 35.5. The number of carbonyl (C=O) groups excluding carboxylic acids is 2. The Balaban J connectivity index is 1.76. The van der Waals surface area contributed by atoms with Crippen molar-refractivity contribution in [1.29, 1.82) is 0 Å². The third kappa shape index (κ3) is 7.91. The van der Waals surface area contributed by atoms with Crippen molar-refractivity contribution in [1.82, 2.24) is 10.2 Å². The fraction of sp³-hybridized carbons (Fsp3) is 0.394. The molecule has 0 heterocycles. The summed E-state index contributed by atoms with van der Waals surface area (Å²) in [5, 5.41) is 3.92. The van der Waals surface area contributed by atoms with E-state index in [4.69, 9.17) is 23.2 Å². The van der Waals surface area contributed by atoms with Crippen molar-refractivity contribution >= 4 is 50.7 Å². The standard InChI is InChI=1S/C33H39Cl2N3O4S/c1-5-30(33(40)36-27-8-6-7-9-27)37(20-25-14-15-26(34)19-29(25)35)32(39)21-38(31-18-23(3)10-13-24(31)4)43(41,42)28-16-11-22(2)12-17-28/h10-19,27,30H,5-9,20-21H2,1-4H3,(H,36,40). The van der Waals surface area contributed by atoms with Crippen molar-refractivity contribution in [3.8, 4) is 0 Å². The van der Waals surface area contributed by atoms with E-state index in [9.17, 15) is 18.0 Å². The normalized spacial score (nSPS) is 14.4. The Labute approximate surface area is 265 Å². The van der Waals surface area contributed by atoms with Gasteiger partial charge in [0.05, 0.1) is 10.6 Å². The molecule has 1 aliphatic rings. The highest BCUT2D eigenvalue weighted by molar-refractivity contribution is 7.92. The van der Waals surface area contributed by atoms with Gasteiger partial charge in [-0.2, -0.15) is 0 Å². The lowest BCUT2D eigenvalue weighted by molar-refractivity contribution is -0.140. The summed E-state index contributed by atoms with van der Waals surface area (Å²) in [4.78, 5) is 29.5. The molecule has 1 saturated carbocycles. The molecule has 0 bridgehead atoms. The molecule has 1 aliphatic carbocycles. The highest BCUT2D eigenvalue weighted by Gasteiger charge is 2.35. The molecule has 7 nitrogen and oxygen atoms in total. The van der Waals surface area contributed by atoms with Crippen LogP contribution in [0.3, 0.4) is 0 Å². The summed E-state index contributed by atoms with van der Waals surface area (Å²) in [6.07, 6.45) is 4.23. The fourth-order valence-corrected chi connectivity index (χ4v) is 7.40. The molecule has 0 aliphatic heterocycles. The molecule has 0 saturated heterocycles. The number of sulfonamides is 1. The molecule has 230 valence electrons. The Morgan fingerprint density at radius 3 is 2.21 bits per heavy atom. The number of carbonyl (C=O) groups is 2. The number of benzene rings is 3. The van der Waals surface area contributed by atoms with Crippen LogP contribution < -0.4 is 9.62 Å². The van der Waals surface area contributed by atoms with E-state index in [0.29, 0.717) is 33.3 Å². The van der Waals surface area contributed by atoms with Crippen molar-refractivity contribution in [3.63, 3.8) is 0 Å². The first-order valence-corrected chi connectivity index (χ1v) is 16.8. The summed E-state index contributed by atoms with van der Waals surface area (Å²) < 4.78 is 29.5. The minimum absolute atomic E-state index is 0.0106. The van der Waals surface area contributed by atoms with Crippen LogP contribution in [0.5, 0.6) is 0 Å². The molecule has 1 atom stereocenters. The van der Waals surface area contributed by atoms with Crippen LogP contribution >= 0.6 is 23.2 Å². The van der Waals surface area contributed by atoms with Gasteiger partial charge in [0.15, 0.2) is 0 Å². The van der Waals surface area contributed by atoms with Crippen LogP contribution in [0.1, 0.15) is 61.3 Å². The van der Waals surface area contributed by atoms with Crippen molar-refractivity contribution in [3.05, 3.63) is 93.0 Å². The van der Waals surface area contributed by atoms with Crippen molar-refractivity contribution in [2.75, 3.05) is 10.8 Å². The Kier molecular flexibility index (Phi) is 10.8. The van der Waals surface area contributed by atoms with Gasteiger partial charge in [-0.25, -0.2) is 8.42 Å². The van der Waals surface area contributed by atoms with Crippen molar-refractivity contribution < 1.29 is 18.0 Å². The molecule has 4 rings (SSSR count). The summed E-state index contributed by atoms with van der Waals surface area (Å²) in [5.74, 6) is -0.774. The molecular weight excluding hydrogens is 605 g/mol. The van der Waals surface area contributed by atoms with Gasteiger partial charge in [-0.15, -0.1) is 0 Å². The lowest BCUT2D eigenvalue weighted by Gasteiger charge is -2.34. The van der Waals surface area contributed by atoms with Gasteiger partial charge in [0.25, 0.3) is 10.0 Å². The minimum Gasteiger partial charge on any atom is -0.352 e. The van der Waals surface area contributed by atoms with Gasteiger partial charge in [-0.3, -0.25) is 13.9 Å². The third-order valence-corrected chi connectivity index (χ3v) is 10.3. The Hall–Kier alpha value is -3.07. The second kappa shape index (κ2) is 14.1. The lowest BCUT2D eigenvalue weighted by atomic mass is 10.1. The summed E-state index contributed by atoms with van der Waals surface area (Å²) >= 11 is 12.7. The molecule has 0 spiro atoms. The molecule has 1 N–H and O–H groups in total. The van der Waals surface area contributed by atoms with E-state index >= 15 is 0 Å². The maximum absolute atomic E-state index is 14.4. The van der Waals surface area contributed by atoms with Crippen LogP contribution in [0.4, 0.5) is 5.69 Å². The summed E-state index contributed by atoms with van der Waals surface area (Å²) in [6, 6.07) is 16.3. The van der Waals surface area contributed by atoms with Crippen LogP contribution in [0.25, 0.3) is 0 Å². The summed E-state index contributed by atoms with van der Waals surface area (Å²) in [6.45, 7) is 6.91.